The summed E-state index contributed by atoms with van der Waals surface area (Å²) in [5.41, 5.74) is 1.07. The minimum atomic E-state index is -4.43. The highest BCUT2D eigenvalue weighted by atomic mass is 32.2. The van der Waals surface area contributed by atoms with Gasteiger partial charge < -0.3 is 10.3 Å². The molecular weight excluding hydrogens is 429 g/mol. The number of carbonyl (C=O) groups is 1. The van der Waals surface area contributed by atoms with Crippen molar-refractivity contribution in [3.05, 3.63) is 51.9 Å². The van der Waals surface area contributed by atoms with Crippen LogP contribution in [0.5, 0.6) is 0 Å². The van der Waals surface area contributed by atoms with Gasteiger partial charge in [0.2, 0.25) is 5.91 Å². The maximum absolute atomic E-state index is 12.9. The number of alkyl halides is 3. The van der Waals surface area contributed by atoms with Crippen LogP contribution in [0.2, 0.25) is 0 Å². The quantitative estimate of drug-likeness (QED) is 0.398. The van der Waals surface area contributed by atoms with Crippen LogP contribution in [0.4, 0.5) is 18.9 Å². The third-order valence-corrected chi connectivity index (χ3v) is 5.57. The normalized spacial score (nSPS) is 12.0. The summed E-state index contributed by atoms with van der Waals surface area (Å²) in [6.07, 6.45) is -3.66. The number of thioether (sulfide) groups is 1. The first-order valence-electron chi connectivity index (χ1n) is 9.74. The zero-order chi connectivity index (χ0) is 22.8. The minimum Gasteiger partial charge on any atom is -0.353 e. The number of fused-ring (bicyclic) bond motifs is 1. The summed E-state index contributed by atoms with van der Waals surface area (Å²) in [5.74, 6) is -0.0575. The van der Waals surface area contributed by atoms with Crippen LogP contribution in [-0.2, 0) is 17.5 Å². The average Bonchev–Trinajstić information content (AvgIpc) is 3.06. The molecule has 0 aliphatic rings. The molecule has 2 N–H and O–H groups in total. The van der Waals surface area contributed by atoms with Crippen molar-refractivity contribution in [1.29, 1.82) is 0 Å². The summed E-state index contributed by atoms with van der Waals surface area (Å²) in [4.78, 5) is 32.8. The van der Waals surface area contributed by atoms with Gasteiger partial charge in [-0.05, 0) is 49.6 Å². The Kier molecular flexibility index (Phi) is 6.78. The molecule has 3 aromatic rings. The molecule has 0 spiro atoms. The number of aryl methyl sites for hydroxylation is 1. The van der Waals surface area contributed by atoms with E-state index in [-0.39, 0.29) is 17.0 Å². The molecule has 0 atom stereocenters. The Morgan fingerprint density at radius 2 is 1.94 bits per heavy atom. The molecule has 2 aromatic heterocycles. The number of halogens is 3. The number of amides is 1. The number of hydrogen-bond acceptors (Lipinski definition) is 4. The molecule has 0 aliphatic heterocycles. The zero-order valence-corrected chi connectivity index (χ0v) is 18.2. The van der Waals surface area contributed by atoms with Crippen LogP contribution < -0.4 is 10.9 Å². The fourth-order valence-corrected chi connectivity index (χ4v) is 3.80. The summed E-state index contributed by atoms with van der Waals surface area (Å²) < 4.78 is 39.5. The van der Waals surface area contributed by atoms with Gasteiger partial charge in [-0.15, -0.1) is 0 Å². The molecule has 10 heteroatoms. The summed E-state index contributed by atoms with van der Waals surface area (Å²) in [5, 5.41) is 3.00. The molecule has 0 radical (unpaired) electrons. The van der Waals surface area contributed by atoms with Crippen LogP contribution in [0.15, 0.2) is 40.3 Å². The van der Waals surface area contributed by atoms with Crippen molar-refractivity contribution in [3.63, 3.8) is 0 Å². The first kappa shape index (κ1) is 22.9. The van der Waals surface area contributed by atoms with Gasteiger partial charge in [0.05, 0.1) is 16.8 Å². The van der Waals surface area contributed by atoms with Gasteiger partial charge in [0.1, 0.15) is 5.52 Å². The van der Waals surface area contributed by atoms with E-state index in [1.54, 1.807) is 10.6 Å². The maximum atomic E-state index is 12.9. The van der Waals surface area contributed by atoms with Gasteiger partial charge in [-0.3, -0.25) is 14.2 Å². The SMILES string of the molecule is Cc1cc2nc(SCC(=O)Nc3ccc(C(F)(F)F)cc3)n(CCC(C)C)c(=O)c2[nH]1. The minimum absolute atomic E-state index is 0.0376. The topological polar surface area (TPSA) is 79.8 Å². The van der Waals surface area contributed by atoms with Gasteiger partial charge in [0.15, 0.2) is 5.16 Å². The number of benzene rings is 1. The summed E-state index contributed by atoms with van der Waals surface area (Å²) >= 11 is 1.12. The van der Waals surface area contributed by atoms with E-state index in [1.807, 2.05) is 6.92 Å². The van der Waals surface area contributed by atoms with Gasteiger partial charge in [0, 0.05) is 17.9 Å². The van der Waals surface area contributed by atoms with Gasteiger partial charge >= 0.3 is 6.18 Å². The third-order valence-electron chi connectivity index (χ3n) is 4.60. The molecule has 31 heavy (non-hydrogen) atoms. The molecule has 1 aromatic carbocycles. The molecule has 0 bridgehead atoms. The highest BCUT2D eigenvalue weighted by Gasteiger charge is 2.30. The Hall–Kier alpha value is -2.75. The molecule has 1 amide bonds. The van der Waals surface area contributed by atoms with Crippen molar-refractivity contribution in [1.82, 2.24) is 14.5 Å². The van der Waals surface area contributed by atoms with Crippen LogP contribution in [-0.4, -0.2) is 26.2 Å². The molecule has 0 unspecified atom stereocenters. The Bertz CT molecular complexity index is 1130. The number of nitrogens with zero attached hydrogens (tertiary/aromatic N) is 2. The number of nitrogens with one attached hydrogen (secondary N) is 2. The molecule has 0 saturated heterocycles. The third kappa shape index (κ3) is 5.69. The Morgan fingerprint density at radius 3 is 2.55 bits per heavy atom. The predicted molar refractivity (Wildman–Crippen MR) is 115 cm³/mol. The van der Waals surface area contributed by atoms with E-state index in [0.29, 0.717) is 28.7 Å². The number of carbonyl (C=O) groups excluding carboxylic acids is 1. The standard InChI is InChI=1S/C21H23F3N4O2S/c1-12(2)8-9-28-19(30)18-16(10-13(3)25-18)27-20(28)31-11-17(29)26-15-6-4-14(5-7-15)21(22,23)24/h4-7,10,12,25H,8-9,11H2,1-3H3,(H,26,29). The number of H-pyrrole nitrogens is 1. The van der Waals surface area contributed by atoms with E-state index >= 15 is 0 Å². The average molecular weight is 453 g/mol. The van der Waals surface area contributed by atoms with E-state index in [9.17, 15) is 22.8 Å². The number of hydrogen-bond donors (Lipinski definition) is 2. The lowest BCUT2D eigenvalue weighted by molar-refractivity contribution is -0.137. The molecule has 0 fully saturated rings. The van der Waals surface area contributed by atoms with Crippen molar-refractivity contribution < 1.29 is 18.0 Å². The number of anilines is 1. The van der Waals surface area contributed by atoms with Crippen LogP contribution in [0, 0.1) is 12.8 Å². The predicted octanol–water partition coefficient (Wildman–Crippen LogP) is 4.83. The van der Waals surface area contributed by atoms with Crippen LogP contribution >= 0.6 is 11.8 Å². The van der Waals surface area contributed by atoms with Gasteiger partial charge in [-0.1, -0.05) is 25.6 Å². The first-order valence-corrected chi connectivity index (χ1v) is 10.7. The highest BCUT2D eigenvalue weighted by molar-refractivity contribution is 7.99. The van der Waals surface area contributed by atoms with Crippen molar-refractivity contribution in [2.45, 2.75) is 45.1 Å². The lowest BCUT2D eigenvalue weighted by Crippen LogP contribution is -2.25. The van der Waals surface area contributed by atoms with Crippen molar-refractivity contribution in [2.24, 2.45) is 5.92 Å². The van der Waals surface area contributed by atoms with Crippen LogP contribution in [0.25, 0.3) is 11.0 Å². The van der Waals surface area contributed by atoms with E-state index in [0.717, 1.165) is 36.0 Å². The molecule has 166 valence electrons. The molecular formula is C21H23F3N4O2S. The Labute approximate surface area is 181 Å². The smallest absolute Gasteiger partial charge is 0.353 e. The molecule has 3 rings (SSSR count). The first-order chi connectivity index (χ1) is 14.5. The summed E-state index contributed by atoms with van der Waals surface area (Å²) in [6, 6.07) is 6.01. The van der Waals surface area contributed by atoms with Crippen molar-refractivity contribution in [3.8, 4) is 0 Å². The summed E-state index contributed by atoms with van der Waals surface area (Å²) in [7, 11) is 0. The molecule has 0 aliphatic carbocycles. The Balaban J connectivity index is 1.75. The largest absolute Gasteiger partial charge is 0.416 e. The maximum Gasteiger partial charge on any atom is 0.416 e. The van der Waals surface area contributed by atoms with Crippen LogP contribution in [0.3, 0.4) is 0 Å². The number of aromatic nitrogens is 3. The van der Waals surface area contributed by atoms with Gasteiger partial charge in [-0.25, -0.2) is 4.98 Å². The molecule has 0 saturated carbocycles. The fourth-order valence-electron chi connectivity index (χ4n) is 2.98. The molecule has 6 nitrogen and oxygen atoms in total. The second kappa shape index (κ2) is 9.17. The van der Waals surface area contributed by atoms with Gasteiger partial charge in [0.25, 0.3) is 5.56 Å². The lowest BCUT2D eigenvalue weighted by atomic mass is 10.1. The zero-order valence-electron chi connectivity index (χ0n) is 17.3. The summed E-state index contributed by atoms with van der Waals surface area (Å²) in [6.45, 7) is 6.42. The number of aromatic amines is 1. The van der Waals surface area contributed by atoms with Gasteiger partial charge in [-0.2, -0.15) is 13.2 Å². The fraction of sp³-hybridized carbons (Fsp3) is 0.381. The molecule has 2 heterocycles. The second-order valence-electron chi connectivity index (χ2n) is 7.66. The van der Waals surface area contributed by atoms with E-state index in [4.69, 9.17) is 0 Å². The van der Waals surface area contributed by atoms with Crippen LogP contribution in [0.1, 0.15) is 31.5 Å². The van der Waals surface area contributed by atoms with Crippen molar-refractivity contribution in [2.75, 3.05) is 11.1 Å². The Morgan fingerprint density at radius 1 is 1.26 bits per heavy atom. The number of rotatable bonds is 7. The second-order valence-corrected chi connectivity index (χ2v) is 8.60. The van der Waals surface area contributed by atoms with Crippen molar-refractivity contribution >= 4 is 34.4 Å². The van der Waals surface area contributed by atoms with E-state index < -0.39 is 17.6 Å². The monoisotopic (exact) mass is 452 g/mol. The van der Waals surface area contributed by atoms with E-state index in [1.165, 1.54) is 12.1 Å². The van der Waals surface area contributed by atoms with E-state index in [2.05, 4.69) is 29.1 Å². The highest BCUT2D eigenvalue weighted by Crippen LogP contribution is 2.30. The lowest BCUT2D eigenvalue weighted by Gasteiger charge is -2.13.